The molecule has 1 aromatic carbocycles. The normalized spacial score (nSPS) is 12.3. The van der Waals surface area contributed by atoms with E-state index in [0.717, 1.165) is 12.1 Å². The van der Waals surface area contributed by atoms with Crippen LogP contribution < -0.4 is 0 Å². The van der Waals surface area contributed by atoms with Crippen LogP contribution in [0.1, 0.15) is 12.0 Å². The van der Waals surface area contributed by atoms with E-state index in [9.17, 15) is 13.2 Å². The summed E-state index contributed by atoms with van der Waals surface area (Å²) in [7, 11) is 1.77. The highest BCUT2D eigenvalue weighted by atomic mass is 32.2. The van der Waals surface area contributed by atoms with E-state index in [2.05, 4.69) is 4.98 Å². The second-order valence-electron chi connectivity index (χ2n) is 4.08. The van der Waals surface area contributed by atoms with Crippen molar-refractivity contribution in [1.82, 2.24) is 9.55 Å². The van der Waals surface area contributed by atoms with Gasteiger partial charge >= 0.3 is 6.18 Å². The number of rotatable bonds is 4. The number of hydrogen-bond donors (Lipinski definition) is 1. The van der Waals surface area contributed by atoms with Gasteiger partial charge in [-0.3, -0.25) is 0 Å². The lowest BCUT2D eigenvalue weighted by Crippen LogP contribution is -2.04. The van der Waals surface area contributed by atoms with Gasteiger partial charge in [-0.2, -0.15) is 13.2 Å². The Bertz CT molecular complexity index is 580. The molecule has 0 aliphatic rings. The van der Waals surface area contributed by atoms with Crippen LogP contribution in [-0.2, 0) is 13.2 Å². The Labute approximate surface area is 112 Å². The topological polar surface area (TPSA) is 38.0 Å². The summed E-state index contributed by atoms with van der Waals surface area (Å²) in [6, 6.07) is 3.55. The molecule has 19 heavy (non-hydrogen) atoms. The fraction of sp³-hybridized carbons (Fsp3) is 0.417. The molecular weight excluding hydrogens is 277 g/mol. The zero-order valence-corrected chi connectivity index (χ0v) is 11.1. The maximum absolute atomic E-state index is 12.6. The first-order chi connectivity index (χ1) is 8.93. The second kappa shape index (κ2) is 5.42. The van der Waals surface area contributed by atoms with Crippen molar-refractivity contribution in [2.24, 2.45) is 7.05 Å². The number of aliphatic hydroxyl groups is 1. The maximum atomic E-state index is 12.6. The predicted octanol–water partition coefficient (Wildman–Crippen LogP) is 3.07. The van der Waals surface area contributed by atoms with Gasteiger partial charge in [-0.1, -0.05) is 11.8 Å². The number of imidazole rings is 1. The third-order valence-corrected chi connectivity index (χ3v) is 3.82. The van der Waals surface area contributed by atoms with Gasteiger partial charge < -0.3 is 9.67 Å². The summed E-state index contributed by atoms with van der Waals surface area (Å²) in [5, 5.41) is 9.37. The fourth-order valence-corrected chi connectivity index (χ4v) is 2.62. The largest absolute Gasteiger partial charge is 0.416 e. The van der Waals surface area contributed by atoms with Gasteiger partial charge in [0.15, 0.2) is 5.16 Å². The smallest absolute Gasteiger partial charge is 0.396 e. The maximum Gasteiger partial charge on any atom is 0.416 e. The van der Waals surface area contributed by atoms with E-state index >= 15 is 0 Å². The Hall–Kier alpha value is -1.21. The van der Waals surface area contributed by atoms with E-state index in [1.807, 2.05) is 0 Å². The molecule has 0 spiro atoms. The number of fused-ring (bicyclic) bond motifs is 1. The van der Waals surface area contributed by atoms with E-state index in [4.69, 9.17) is 5.11 Å². The number of aliphatic hydroxyl groups excluding tert-OH is 1. The van der Waals surface area contributed by atoms with Gasteiger partial charge in [0.25, 0.3) is 0 Å². The van der Waals surface area contributed by atoms with E-state index in [1.165, 1.54) is 17.8 Å². The minimum Gasteiger partial charge on any atom is -0.396 e. The molecular formula is C12H13F3N2OS. The van der Waals surface area contributed by atoms with E-state index in [0.29, 0.717) is 28.4 Å². The zero-order chi connectivity index (χ0) is 14.0. The summed E-state index contributed by atoms with van der Waals surface area (Å²) in [5.74, 6) is 0.680. The quantitative estimate of drug-likeness (QED) is 0.694. The Balaban J connectivity index is 2.34. The van der Waals surface area contributed by atoms with Crippen molar-refractivity contribution >= 4 is 22.8 Å². The molecule has 0 amide bonds. The van der Waals surface area contributed by atoms with E-state index in [1.54, 1.807) is 11.6 Å². The summed E-state index contributed by atoms with van der Waals surface area (Å²) < 4.78 is 39.6. The van der Waals surface area contributed by atoms with Crippen molar-refractivity contribution in [3.63, 3.8) is 0 Å². The van der Waals surface area contributed by atoms with Crippen LogP contribution in [0.5, 0.6) is 0 Å². The highest BCUT2D eigenvalue weighted by Crippen LogP contribution is 2.32. The minimum atomic E-state index is -4.35. The number of alkyl halides is 3. The third-order valence-electron chi connectivity index (χ3n) is 2.70. The molecule has 0 fully saturated rings. The van der Waals surface area contributed by atoms with Gasteiger partial charge in [-0.15, -0.1) is 0 Å². The van der Waals surface area contributed by atoms with Gasteiger partial charge in [0.05, 0.1) is 16.6 Å². The number of hydrogen-bond acceptors (Lipinski definition) is 3. The molecule has 0 unspecified atom stereocenters. The summed E-state index contributed by atoms with van der Waals surface area (Å²) in [4.78, 5) is 4.20. The molecule has 104 valence electrons. The Morgan fingerprint density at radius 1 is 1.37 bits per heavy atom. The molecule has 0 atom stereocenters. The van der Waals surface area contributed by atoms with Crippen molar-refractivity contribution in [2.75, 3.05) is 12.4 Å². The molecule has 3 nitrogen and oxygen atoms in total. The van der Waals surface area contributed by atoms with Crippen LogP contribution in [0.3, 0.4) is 0 Å². The zero-order valence-electron chi connectivity index (χ0n) is 10.2. The SMILES string of the molecule is Cn1c(SCCCO)nc2cc(C(F)(F)F)ccc21. The van der Waals surface area contributed by atoms with Crippen LogP contribution in [0.2, 0.25) is 0 Å². The monoisotopic (exact) mass is 290 g/mol. The standard InChI is InChI=1S/C12H13F3N2OS/c1-17-10-4-3-8(12(13,14)15)7-9(10)16-11(17)19-6-2-5-18/h3-4,7,18H,2,5-6H2,1H3. The van der Waals surface area contributed by atoms with Crippen LogP contribution >= 0.6 is 11.8 Å². The lowest BCUT2D eigenvalue weighted by atomic mass is 10.2. The van der Waals surface area contributed by atoms with Crippen molar-refractivity contribution in [3.8, 4) is 0 Å². The summed E-state index contributed by atoms with van der Waals surface area (Å²) >= 11 is 1.42. The van der Waals surface area contributed by atoms with Gasteiger partial charge in [-0.05, 0) is 24.6 Å². The van der Waals surface area contributed by atoms with E-state index in [-0.39, 0.29) is 6.61 Å². The van der Waals surface area contributed by atoms with Gasteiger partial charge in [0.2, 0.25) is 0 Å². The first kappa shape index (κ1) is 14.2. The van der Waals surface area contributed by atoms with E-state index < -0.39 is 11.7 Å². The van der Waals surface area contributed by atoms with Gasteiger partial charge in [0.1, 0.15) is 0 Å². The number of benzene rings is 1. The first-order valence-electron chi connectivity index (χ1n) is 5.71. The molecule has 1 N–H and O–H groups in total. The number of thioether (sulfide) groups is 1. The molecule has 7 heteroatoms. The summed E-state index contributed by atoms with van der Waals surface area (Å²) in [6.07, 6.45) is -3.72. The molecule has 2 rings (SSSR count). The number of aryl methyl sites for hydroxylation is 1. The Kier molecular flexibility index (Phi) is 4.05. The Morgan fingerprint density at radius 2 is 2.11 bits per heavy atom. The molecule has 2 aromatic rings. The molecule has 0 aliphatic carbocycles. The molecule has 0 saturated heterocycles. The second-order valence-corrected chi connectivity index (χ2v) is 5.14. The molecule has 1 aromatic heterocycles. The van der Waals surface area contributed by atoms with Gasteiger partial charge in [0, 0.05) is 19.4 Å². The van der Waals surface area contributed by atoms with Crippen LogP contribution in [0, 0.1) is 0 Å². The lowest BCUT2D eigenvalue weighted by molar-refractivity contribution is -0.137. The molecule has 0 aliphatic heterocycles. The summed E-state index contributed by atoms with van der Waals surface area (Å²) in [5.41, 5.74) is 0.313. The lowest BCUT2D eigenvalue weighted by Gasteiger charge is -2.05. The molecule has 0 bridgehead atoms. The summed E-state index contributed by atoms with van der Waals surface area (Å²) in [6.45, 7) is 0.0924. The molecule has 0 saturated carbocycles. The molecule has 1 heterocycles. The predicted molar refractivity (Wildman–Crippen MR) is 68.1 cm³/mol. The van der Waals surface area contributed by atoms with Crippen molar-refractivity contribution in [1.29, 1.82) is 0 Å². The molecule has 0 radical (unpaired) electrons. The minimum absolute atomic E-state index is 0.0924. The fourth-order valence-electron chi connectivity index (χ4n) is 1.71. The first-order valence-corrected chi connectivity index (χ1v) is 6.69. The van der Waals surface area contributed by atoms with Crippen molar-refractivity contribution in [3.05, 3.63) is 23.8 Å². The number of aromatic nitrogens is 2. The van der Waals surface area contributed by atoms with Crippen LogP contribution in [0.25, 0.3) is 11.0 Å². The van der Waals surface area contributed by atoms with Gasteiger partial charge in [-0.25, -0.2) is 4.98 Å². The van der Waals surface area contributed by atoms with Crippen LogP contribution in [-0.4, -0.2) is 27.0 Å². The number of halogens is 3. The highest BCUT2D eigenvalue weighted by Gasteiger charge is 2.30. The number of nitrogens with zero attached hydrogens (tertiary/aromatic N) is 2. The van der Waals surface area contributed by atoms with Crippen LogP contribution in [0.4, 0.5) is 13.2 Å². The third kappa shape index (κ3) is 3.03. The average Bonchev–Trinajstić information content (AvgIpc) is 2.65. The highest BCUT2D eigenvalue weighted by molar-refractivity contribution is 7.99. The average molecular weight is 290 g/mol. The van der Waals surface area contributed by atoms with Crippen molar-refractivity contribution < 1.29 is 18.3 Å². The van der Waals surface area contributed by atoms with Crippen molar-refractivity contribution in [2.45, 2.75) is 17.8 Å². The Morgan fingerprint density at radius 3 is 2.74 bits per heavy atom. The van der Waals surface area contributed by atoms with Crippen LogP contribution in [0.15, 0.2) is 23.4 Å².